The lowest BCUT2D eigenvalue weighted by Gasteiger charge is -2.41. The van der Waals surface area contributed by atoms with Gasteiger partial charge in [-0.05, 0) is 51.7 Å². The van der Waals surface area contributed by atoms with E-state index in [1.54, 1.807) is 0 Å². The quantitative estimate of drug-likeness (QED) is 0.466. The summed E-state index contributed by atoms with van der Waals surface area (Å²) < 4.78 is 12.4. The van der Waals surface area contributed by atoms with Crippen LogP contribution in [0.5, 0.6) is 0 Å². The molecule has 2 aliphatic heterocycles. The lowest BCUT2D eigenvalue weighted by Crippen LogP contribution is -2.48. The highest BCUT2D eigenvalue weighted by Crippen LogP contribution is 2.44. The van der Waals surface area contributed by atoms with E-state index in [4.69, 9.17) is 9.16 Å². The van der Waals surface area contributed by atoms with Gasteiger partial charge in [-0.25, -0.2) is 4.79 Å². The lowest BCUT2D eigenvalue weighted by molar-refractivity contribution is 0.0196. The Morgan fingerprint density at radius 1 is 1.27 bits per heavy atom. The van der Waals surface area contributed by atoms with Gasteiger partial charge in [0.15, 0.2) is 8.32 Å². The van der Waals surface area contributed by atoms with Gasteiger partial charge in [0.1, 0.15) is 5.60 Å². The van der Waals surface area contributed by atoms with Crippen LogP contribution in [0.15, 0.2) is 24.8 Å². The minimum Gasteiger partial charge on any atom is -0.444 e. The molecule has 0 aromatic heterocycles. The zero-order valence-electron chi connectivity index (χ0n) is 17.8. The van der Waals surface area contributed by atoms with Crippen molar-refractivity contribution in [3.63, 3.8) is 0 Å². The van der Waals surface area contributed by atoms with Gasteiger partial charge in [-0.2, -0.15) is 0 Å². The largest absolute Gasteiger partial charge is 0.444 e. The Labute approximate surface area is 160 Å². The van der Waals surface area contributed by atoms with Crippen LogP contribution in [0.1, 0.15) is 54.4 Å². The predicted octanol–water partition coefficient (Wildman–Crippen LogP) is 5.52. The summed E-state index contributed by atoms with van der Waals surface area (Å²) in [5.74, 6) is 0.296. The van der Waals surface area contributed by atoms with E-state index in [1.165, 1.54) is 0 Å². The third-order valence-electron chi connectivity index (χ3n) is 5.89. The molecule has 0 N–H and O–H groups in total. The van der Waals surface area contributed by atoms with Crippen molar-refractivity contribution in [3.8, 4) is 0 Å². The van der Waals surface area contributed by atoms with E-state index >= 15 is 0 Å². The number of hydrogen-bond donors (Lipinski definition) is 0. The molecule has 0 aliphatic carbocycles. The highest BCUT2D eigenvalue weighted by Gasteiger charge is 2.51. The molecule has 5 heteroatoms. The monoisotopic (exact) mass is 379 g/mol. The molecule has 0 unspecified atom stereocenters. The second-order valence-electron chi connectivity index (χ2n) is 10.2. The van der Waals surface area contributed by atoms with Crippen LogP contribution in [0.3, 0.4) is 0 Å². The van der Waals surface area contributed by atoms with Crippen LogP contribution in [0.4, 0.5) is 4.79 Å². The third kappa shape index (κ3) is 4.42. The van der Waals surface area contributed by atoms with Crippen molar-refractivity contribution in [1.29, 1.82) is 0 Å². The van der Waals surface area contributed by atoms with Crippen molar-refractivity contribution in [1.82, 2.24) is 4.90 Å². The Morgan fingerprint density at radius 2 is 1.88 bits per heavy atom. The summed E-state index contributed by atoms with van der Waals surface area (Å²) in [6.45, 7) is 21.0. The Morgan fingerprint density at radius 3 is 2.38 bits per heavy atom. The molecule has 2 bridgehead atoms. The highest BCUT2D eigenvalue weighted by molar-refractivity contribution is 6.74. The van der Waals surface area contributed by atoms with Crippen LogP contribution in [0.25, 0.3) is 0 Å². The normalized spacial score (nSPS) is 26.9. The summed E-state index contributed by atoms with van der Waals surface area (Å²) in [5, 5.41) is 0.157. The van der Waals surface area contributed by atoms with Crippen LogP contribution in [0.2, 0.25) is 18.1 Å². The van der Waals surface area contributed by atoms with E-state index in [-0.39, 0.29) is 29.3 Å². The zero-order valence-corrected chi connectivity index (χ0v) is 18.8. The molecule has 0 aromatic rings. The molecule has 1 fully saturated rings. The number of carbonyl (C=O) groups is 1. The fourth-order valence-corrected chi connectivity index (χ4v) is 4.96. The van der Waals surface area contributed by atoms with E-state index < -0.39 is 13.9 Å². The number of fused-ring (bicyclic) bond motifs is 2. The smallest absolute Gasteiger partial charge is 0.411 e. The summed E-state index contributed by atoms with van der Waals surface area (Å²) in [6.07, 6.45) is 7.88. The Kier molecular flexibility index (Phi) is 5.84. The first-order chi connectivity index (χ1) is 11.8. The maximum absolute atomic E-state index is 12.7. The van der Waals surface area contributed by atoms with Crippen molar-refractivity contribution in [3.05, 3.63) is 24.8 Å². The Balaban J connectivity index is 2.18. The number of nitrogens with zero attached hydrogens (tertiary/aromatic N) is 1. The van der Waals surface area contributed by atoms with E-state index in [2.05, 4.69) is 52.6 Å². The molecular formula is C21H37NO3Si. The standard InChI is InChI=1S/C21H37NO3Si/c1-10-11-18(25-26(8,9)21(5,6)7)16-14-15-12-13-17(16)22(15)19(23)24-20(2,3)4/h10,12-13,15-18H,1,11,14H2,2-9H3/t15-,16+,17+,18+/m0/s1. The fraction of sp³-hybridized carbons (Fsp3) is 0.762. The zero-order chi connectivity index (χ0) is 19.9. The fourth-order valence-electron chi connectivity index (χ4n) is 3.58. The topological polar surface area (TPSA) is 38.8 Å². The molecule has 2 heterocycles. The molecule has 1 saturated heterocycles. The SMILES string of the molecule is C=CC[C@@H](O[Si](C)(C)C(C)(C)C)[C@@H]1C[C@@H]2C=C[C@H]1N2C(=O)OC(C)(C)C. The molecule has 148 valence electrons. The second-order valence-corrected chi connectivity index (χ2v) is 14.9. The highest BCUT2D eigenvalue weighted by atomic mass is 28.4. The molecule has 0 saturated carbocycles. The van der Waals surface area contributed by atoms with Crippen LogP contribution in [-0.2, 0) is 9.16 Å². The molecule has 26 heavy (non-hydrogen) atoms. The molecule has 0 aromatic carbocycles. The first-order valence-corrected chi connectivity index (χ1v) is 12.7. The number of amides is 1. The van der Waals surface area contributed by atoms with Crippen LogP contribution in [0, 0.1) is 5.92 Å². The molecule has 0 spiro atoms. The Bertz CT molecular complexity index is 571. The van der Waals surface area contributed by atoms with Gasteiger partial charge in [0, 0.05) is 5.92 Å². The van der Waals surface area contributed by atoms with Gasteiger partial charge in [0.25, 0.3) is 0 Å². The average Bonchev–Trinajstić information content (AvgIpc) is 3.01. The minimum atomic E-state index is -1.89. The molecule has 1 amide bonds. The van der Waals surface area contributed by atoms with Gasteiger partial charge in [0.2, 0.25) is 0 Å². The van der Waals surface area contributed by atoms with Crippen LogP contribution >= 0.6 is 0 Å². The van der Waals surface area contributed by atoms with Crippen molar-refractivity contribution in [2.75, 3.05) is 0 Å². The first kappa shape index (κ1) is 21.2. The number of carbonyl (C=O) groups excluding carboxylic acids is 1. The number of hydrogen-bond acceptors (Lipinski definition) is 3. The maximum Gasteiger partial charge on any atom is 0.411 e. The van der Waals surface area contributed by atoms with Crippen molar-refractivity contribution in [2.45, 2.75) is 96.3 Å². The van der Waals surface area contributed by atoms with E-state index in [0.29, 0.717) is 5.92 Å². The van der Waals surface area contributed by atoms with Crippen molar-refractivity contribution < 1.29 is 14.0 Å². The summed E-state index contributed by atoms with van der Waals surface area (Å²) in [5.41, 5.74) is -0.479. The predicted molar refractivity (Wildman–Crippen MR) is 110 cm³/mol. The molecule has 2 aliphatic rings. The van der Waals surface area contributed by atoms with Gasteiger partial charge in [-0.15, -0.1) is 6.58 Å². The summed E-state index contributed by atoms with van der Waals surface area (Å²) in [6, 6.07) is 0.180. The van der Waals surface area contributed by atoms with Crippen molar-refractivity contribution in [2.24, 2.45) is 5.92 Å². The molecule has 0 radical (unpaired) electrons. The molecule has 2 rings (SSSR count). The summed E-state index contributed by atoms with van der Waals surface area (Å²) >= 11 is 0. The van der Waals surface area contributed by atoms with Crippen molar-refractivity contribution >= 4 is 14.4 Å². The van der Waals surface area contributed by atoms with Gasteiger partial charge >= 0.3 is 6.09 Å². The first-order valence-electron chi connectivity index (χ1n) is 9.75. The van der Waals surface area contributed by atoms with Gasteiger partial charge < -0.3 is 9.16 Å². The Hall–Kier alpha value is -1.07. The number of ether oxygens (including phenoxy) is 1. The van der Waals surface area contributed by atoms with Crippen LogP contribution < -0.4 is 0 Å². The third-order valence-corrected chi connectivity index (χ3v) is 10.4. The summed E-state index contributed by atoms with van der Waals surface area (Å²) in [4.78, 5) is 14.6. The van der Waals surface area contributed by atoms with Gasteiger partial charge in [-0.3, -0.25) is 4.90 Å². The lowest BCUT2D eigenvalue weighted by atomic mass is 9.88. The van der Waals surface area contributed by atoms with Crippen LogP contribution in [-0.4, -0.2) is 43.1 Å². The molecular weight excluding hydrogens is 342 g/mol. The maximum atomic E-state index is 12.7. The average molecular weight is 380 g/mol. The van der Waals surface area contributed by atoms with E-state index in [9.17, 15) is 4.79 Å². The molecule has 4 nitrogen and oxygen atoms in total. The molecule has 4 atom stereocenters. The summed E-state index contributed by atoms with van der Waals surface area (Å²) in [7, 11) is -1.89. The number of rotatable bonds is 5. The van der Waals surface area contributed by atoms with E-state index in [1.807, 2.05) is 31.7 Å². The minimum absolute atomic E-state index is 0.0598. The second kappa shape index (κ2) is 7.15. The van der Waals surface area contributed by atoms with Gasteiger partial charge in [-0.1, -0.05) is 39.0 Å². The van der Waals surface area contributed by atoms with Gasteiger partial charge in [0.05, 0.1) is 18.2 Å². The van der Waals surface area contributed by atoms with E-state index in [0.717, 1.165) is 12.8 Å².